The molecular weight excluding hydrogens is 234 g/mol. The van der Waals surface area contributed by atoms with Crippen molar-refractivity contribution in [3.63, 3.8) is 0 Å². The lowest BCUT2D eigenvalue weighted by Gasteiger charge is -2.27. The van der Waals surface area contributed by atoms with Crippen LogP contribution >= 0.6 is 0 Å². The first kappa shape index (κ1) is 14.5. The van der Waals surface area contributed by atoms with Crippen molar-refractivity contribution in [1.82, 2.24) is 5.32 Å². The van der Waals surface area contributed by atoms with E-state index in [0.717, 1.165) is 31.6 Å². The molecule has 0 radical (unpaired) electrons. The highest BCUT2D eigenvalue weighted by Gasteiger charge is 2.19. The maximum Gasteiger partial charge on any atom is 0.0468 e. The monoisotopic (exact) mass is 261 g/mol. The van der Waals surface area contributed by atoms with Crippen LogP contribution in [0, 0.1) is 18.8 Å². The molecule has 0 bridgehead atoms. The molecule has 1 aromatic rings. The lowest BCUT2D eigenvalue weighted by atomic mass is 9.85. The molecule has 1 atom stereocenters. The number of hydrogen-bond acceptors (Lipinski definition) is 2. The second-order valence-electron chi connectivity index (χ2n) is 5.85. The van der Waals surface area contributed by atoms with E-state index in [1.165, 1.54) is 36.8 Å². The van der Waals surface area contributed by atoms with E-state index in [4.69, 9.17) is 4.74 Å². The van der Waals surface area contributed by atoms with E-state index in [-0.39, 0.29) is 0 Å². The number of nitrogens with one attached hydrogen (secondary N) is 1. The van der Waals surface area contributed by atoms with E-state index in [9.17, 15) is 0 Å². The SMILES string of the molecule is CNCC(Cc1ccccc1C)CC1CCOCC1. The quantitative estimate of drug-likeness (QED) is 0.849. The highest BCUT2D eigenvalue weighted by Crippen LogP contribution is 2.25. The van der Waals surface area contributed by atoms with Gasteiger partial charge in [-0.05, 0) is 69.2 Å². The Balaban J connectivity index is 1.93. The predicted molar refractivity (Wildman–Crippen MR) is 80.5 cm³/mol. The van der Waals surface area contributed by atoms with Gasteiger partial charge in [0.15, 0.2) is 0 Å². The summed E-state index contributed by atoms with van der Waals surface area (Å²) >= 11 is 0. The molecule has 1 aliphatic rings. The van der Waals surface area contributed by atoms with Gasteiger partial charge >= 0.3 is 0 Å². The highest BCUT2D eigenvalue weighted by molar-refractivity contribution is 5.26. The second kappa shape index (κ2) is 7.66. The molecule has 1 fully saturated rings. The first-order valence-electron chi connectivity index (χ1n) is 7.56. The van der Waals surface area contributed by atoms with Crippen molar-refractivity contribution in [2.45, 2.75) is 32.6 Å². The molecule has 0 aliphatic carbocycles. The Morgan fingerprint density at radius 2 is 2.00 bits per heavy atom. The number of hydrogen-bond donors (Lipinski definition) is 1. The summed E-state index contributed by atoms with van der Waals surface area (Å²) < 4.78 is 5.46. The third kappa shape index (κ3) is 4.63. The van der Waals surface area contributed by atoms with Crippen LogP contribution in [0.2, 0.25) is 0 Å². The molecule has 1 unspecified atom stereocenters. The Bertz CT molecular complexity index is 371. The van der Waals surface area contributed by atoms with Crippen LogP contribution in [-0.2, 0) is 11.2 Å². The molecule has 106 valence electrons. The van der Waals surface area contributed by atoms with Crippen molar-refractivity contribution in [3.05, 3.63) is 35.4 Å². The van der Waals surface area contributed by atoms with Gasteiger partial charge in [0, 0.05) is 13.2 Å². The summed E-state index contributed by atoms with van der Waals surface area (Å²) in [6.45, 7) is 5.26. The zero-order valence-corrected chi connectivity index (χ0v) is 12.3. The van der Waals surface area contributed by atoms with Crippen LogP contribution in [0.4, 0.5) is 0 Å². The molecule has 1 aromatic carbocycles. The summed E-state index contributed by atoms with van der Waals surface area (Å²) in [6, 6.07) is 8.79. The van der Waals surface area contributed by atoms with Crippen LogP contribution in [0.15, 0.2) is 24.3 Å². The maximum absolute atomic E-state index is 5.46. The Labute approximate surface area is 117 Å². The van der Waals surface area contributed by atoms with Crippen molar-refractivity contribution >= 4 is 0 Å². The molecule has 0 saturated carbocycles. The minimum atomic E-state index is 0.745. The average molecular weight is 261 g/mol. The minimum Gasteiger partial charge on any atom is -0.381 e. The standard InChI is InChI=1S/C17H27NO/c1-14-5-3-4-6-17(14)12-16(13-18-2)11-15-7-9-19-10-8-15/h3-6,15-16,18H,7-13H2,1-2H3. The average Bonchev–Trinajstić information content (AvgIpc) is 2.43. The van der Waals surface area contributed by atoms with Crippen molar-refractivity contribution in [3.8, 4) is 0 Å². The molecule has 19 heavy (non-hydrogen) atoms. The lowest BCUT2D eigenvalue weighted by molar-refractivity contribution is 0.0586. The van der Waals surface area contributed by atoms with E-state index >= 15 is 0 Å². The summed E-state index contributed by atoms with van der Waals surface area (Å²) in [6.07, 6.45) is 5.02. The van der Waals surface area contributed by atoms with Crippen LogP contribution in [0.1, 0.15) is 30.4 Å². The summed E-state index contributed by atoms with van der Waals surface area (Å²) in [7, 11) is 2.06. The molecule has 1 aliphatic heterocycles. The van der Waals surface area contributed by atoms with E-state index in [2.05, 4.69) is 43.6 Å². The fourth-order valence-corrected chi connectivity index (χ4v) is 3.13. The molecule has 1 saturated heterocycles. The summed E-state index contributed by atoms with van der Waals surface area (Å²) in [5.41, 5.74) is 2.94. The van der Waals surface area contributed by atoms with E-state index in [0.29, 0.717) is 0 Å². The Morgan fingerprint density at radius 1 is 1.26 bits per heavy atom. The van der Waals surface area contributed by atoms with Gasteiger partial charge in [-0.1, -0.05) is 24.3 Å². The summed E-state index contributed by atoms with van der Waals surface area (Å²) in [5.74, 6) is 1.60. The molecule has 0 amide bonds. The molecule has 1 heterocycles. The largest absolute Gasteiger partial charge is 0.381 e. The van der Waals surface area contributed by atoms with Gasteiger partial charge in [-0.3, -0.25) is 0 Å². The Morgan fingerprint density at radius 3 is 2.68 bits per heavy atom. The number of ether oxygens (including phenoxy) is 1. The Kier molecular flexibility index (Phi) is 5.87. The van der Waals surface area contributed by atoms with Gasteiger partial charge in [0.2, 0.25) is 0 Å². The fraction of sp³-hybridized carbons (Fsp3) is 0.647. The van der Waals surface area contributed by atoms with Crippen molar-refractivity contribution < 1.29 is 4.74 Å². The van der Waals surface area contributed by atoms with Crippen LogP contribution in [0.5, 0.6) is 0 Å². The zero-order valence-electron chi connectivity index (χ0n) is 12.3. The third-order valence-electron chi connectivity index (χ3n) is 4.27. The molecule has 0 spiro atoms. The van der Waals surface area contributed by atoms with Crippen molar-refractivity contribution in [2.75, 3.05) is 26.8 Å². The van der Waals surface area contributed by atoms with Crippen LogP contribution in [-0.4, -0.2) is 26.8 Å². The van der Waals surface area contributed by atoms with Gasteiger partial charge in [-0.2, -0.15) is 0 Å². The molecule has 1 N–H and O–H groups in total. The first-order valence-corrected chi connectivity index (χ1v) is 7.56. The van der Waals surface area contributed by atoms with E-state index < -0.39 is 0 Å². The van der Waals surface area contributed by atoms with Crippen LogP contribution in [0.25, 0.3) is 0 Å². The van der Waals surface area contributed by atoms with Crippen molar-refractivity contribution in [1.29, 1.82) is 0 Å². The number of rotatable bonds is 6. The van der Waals surface area contributed by atoms with Gasteiger partial charge in [-0.15, -0.1) is 0 Å². The molecular formula is C17H27NO. The van der Waals surface area contributed by atoms with Gasteiger partial charge in [0.25, 0.3) is 0 Å². The zero-order chi connectivity index (χ0) is 13.5. The maximum atomic E-state index is 5.46. The van der Waals surface area contributed by atoms with Gasteiger partial charge in [0.05, 0.1) is 0 Å². The second-order valence-corrected chi connectivity index (χ2v) is 5.85. The molecule has 2 heteroatoms. The molecule has 2 nitrogen and oxygen atoms in total. The van der Waals surface area contributed by atoms with Crippen LogP contribution < -0.4 is 5.32 Å². The number of benzene rings is 1. The first-order chi connectivity index (χ1) is 9.29. The van der Waals surface area contributed by atoms with E-state index in [1.54, 1.807) is 0 Å². The summed E-state index contributed by atoms with van der Waals surface area (Å²) in [4.78, 5) is 0. The molecule has 2 rings (SSSR count). The lowest BCUT2D eigenvalue weighted by Crippen LogP contribution is -2.26. The minimum absolute atomic E-state index is 0.745. The smallest absolute Gasteiger partial charge is 0.0468 e. The van der Waals surface area contributed by atoms with Crippen LogP contribution in [0.3, 0.4) is 0 Å². The predicted octanol–water partition coefficient (Wildman–Crippen LogP) is 3.19. The van der Waals surface area contributed by atoms with Gasteiger partial charge < -0.3 is 10.1 Å². The Hall–Kier alpha value is -0.860. The fourth-order valence-electron chi connectivity index (χ4n) is 3.13. The third-order valence-corrected chi connectivity index (χ3v) is 4.27. The van der Waals surface area contributed by atoms with Gasteiger partial charge in [-0.25, -0.2) is 0 Å². The van der Waals surface area contributed by atoms with E-state index in [1.807, 2.05) is 0 Å². The summed E-state index contributed by atoms with van der Waals surface area (Å²) in [5, 5.41) is 3.37. The van der Waals surface area contributed by atoms with Gasteiger partial charge in [0.1, 0.15) is 0 Å². The number of aryl methyl sites for hydroxylation is 1. The molecule has 0 aromatic heterocycles. The normalized spacial score (nSPS) is 18.4. The van der Waals surface area contributed by atoms with Crippen molar-refractivity contribution in [2.24, 2.45) is 11.8 Å². The highest BCUT2D eigenvalue weighted by atomic mass is 16.5. The topological polar surface area (TPSA) is 21.3 Å².